The average molecular weight is 266 g/mol. The summed E-state index contributed by atoms with van der Waals surface area (Å²) in [6, 6.07) is 2.93. The van der Waals surface area contributed by atoms with Crippen molar-refractivity contribution >= 4 is 0 Å². The van der Waals surface area contributed by atoms with Crippen molar-refractivity contribution in [1.29, 1.82) is 0 Å². The van der Waals surface area contributed by atoms with Gasteiger partial charge in [-0.1, -0.05) is 0 Å². The lowest BCUT2D eigenvalue weighted by Gasteiger charge is -2.38. The molecule has 5 heteroatoms. The van der Waals surface area contributed by atoms with Crippen LogP contribution < -0.4 is 5.73 Å². The molecule has 108 valence electrons. The van der Waals surface area contributed by atoms with Gasteiger partial charge >= 0.3 is 0 Å². The lowest BCUT2D eigenvalue weighted by atomic mass is 9.99. The van der Waals surface area contributed by atoms with Crippen LogP contribution in [0.3, 0.4) is 0 Å². The highest BCUT2D eigenvalue weighted by molar-refractivity contribution is 5.01. The third-order valence-corrected chi connectivity index (χ3v) is 3.95. The zero-order valence-electron chi connectivity index (χ0n) is 12.2. The van der Waals surface area contributed by atoms with Crippen LogP contribution in [0.4, 0.5) is 0 Å². The summed E-state index contributed by atoms with van der Waals surface area (Å²) in [5, 5.41) is 4.61. The summed E-state index contributed by atoms with van der Waals surface area (Å²) in [6.07, 6.45) is 4.52. The summed E-state index contributed by atoms with van der Waals surface area (Å²) in [6.45, 7) is 6.89. The Bertz CT molecular complexity index is 391. The van der Waals surface area contributed by atoms with Crippen LogP contribution in [0.15, 0.2) is 12.3 Å². The molecular weight excluding hydrogens is 240 g/mol. The van der Waals surface area contributed by atoms with Crippen LogP contribution >= 0.6 is 0 Å². The maximum absolute atomic E-state index is 5.89. The summed E-state index contributed by atoms with van der Waals surface area (Å²) in [5.41, 5.74) is 7.02. The summed E-state index contributed by atoms with van der Waals surface area (Å²) >= 11 is 0. The van der Waals surface area contributed by atoms with Crippen molar-refractivity contribution in [2.45, 2.75) is 51.4 Å². The van der Waals surface area contributed by atoms with E-state index in [0.29, 0.717) is 24.7 Å². The number of likely N-dealkylation sites (tertiary alicyclic amines) is 1. The molecule has 1 fully saturated rings. The molecule has 1 aromatic heterocycles. The Morgan fingerprint density at radius 1 is 1.53 bits per heavy atom. The van der Waals surface area contributed by atoms with Crippen molar-refractivity contribution in [3.63, 3.8) is 0 Å². The van der Waals surface area contributed by atoms with Gasteiger partial charge in [-0.25, -0.2) is 0 Å². The molecule has 1 aromatic rings. The molecule has 1 saturated heterocycles. The van der Waals surface area contributed by atoms with Crippen molar-refractivity contribution in [2.75, 3.05) is 20.2 Å². The highest BCUT2D eigenvalue weighted by Crippen LogP contribution is 2.21. The van der Waals surface area contributed by atoms with E-state index in [-0.39, 0.29) is 0 Å². The van der Waals surface area contributed by atoms with Gasteiger partial charge in [-0.3, -0.25) is 9.58 Å². The van der Waals surface area contributed by atoms with E-state index in [0.717, 1.165) is 31.6 Å². The fourth-order valence-corrected chi connectivity index (χ4v) is 2.69. The van der Waals surface area contributed by atoms with E-state index in [4.69, 9.17) is 10.5 Å². The first-order chi connectivity index (χ1) is 9.13. The maximum atomic E-state index is 5.89. The number of nitrogens with zero attached hydrogens (tertiary/aromatic N) is 3. The highest BCUT2D eigenvalue weighted by atomic mass is 16.5. The smallest absolute Gasteiger partial charge is 0.0765 e. The Labute approximate surface area is 115 Å². The van der Waals surface area contributed by atoms with E-state index in [1.54, 1.807) is 7.11 Å². The molecule has 2 heterocycles. The number of piperidine rings is 1. The minimum Gasteiger partial charge on any atom is -0.381 e. The maximum Gasteiger partial charge on any atom is 0.0765 e. The molecule has 2 unspecified atom stereocenters. The van der Waals surface area contributed by atoms with Crippen LogP contribution in [0.5, 0.6) is 0 Å². The highest BCUT2D eigenvalue weighted by Gasteiger charge is 2.27. The first kappa shape index (κ1) is 14.5. The number of nitrogens with two attached hydrogens (primary N) is 1. The van der Waals surface area contributed by atoms with Crippen molar-refractivity contribution < 1.29 is 4.74 Å². The van der Waals surface area contributed by atoms with E-state index in [9.17, 15) is 0 Å². The van der Waals surface area contributed by atoms with Gasteiger partial charge in [-0.2, -0.15) is 5.10 Å². The summed E-state index contributed by atoms with van der Waals surface area (Å²) in [7, 11) is 1.79. The second kappa shape index (κ2) is 6.50. The fourth-order valence-electron chi connectivity index (χ4n) is 2.69. The van der Waals surface area contributed by atoms with Gasteiger partial charge in [0, 0.05) is 45.0 Å². The first-order valence-electron chi connectivity index (χ1n) is 7.15. The van der Waals surface area contributed by atoms with Crippen LogP contribution in [0.2, 0.25) is 0 Å². The standard InChI is InChI=1S/C14H26N4O/c1-11(2)18-7-4-12(16-18)10-17-6-5-14(19-3)8-13(17)9-15/h4,7,11,13-14H,5-6,8-10,15H2,1-3H3. The third-order valence-electron chi connectivity index (χ3n) is 3.95. The molecule has 0 aromatic carbocycles. The minimum absolute atomic E-state index is 0.359. The average Bonchev–Trinajstić information content (AvgIpc) is 2.88. The van der Waals surface area contributed by atoms with Crippen molar-refractivity contribution in [3.05, 3.63) is 18.0 Å². The Balaban J connectivity index is 1.97. The van der Waals surface area contributed by atoms with Crippen LogP contribution in [0, 0.1) is 0 Å². The number of hydrogen-bond acceptors (Lipinski definition) is 4. The molecule has 2 atom stereocenters. The molecule has 5 nitrogen and oxygen atoms in total. The summed E-state index contributed by atoms with van der Waals surface area (Å²) < 4.78 is 7.46. The van der Waals surface area contributed by atoms with Gasteiger partial charge in [0.25, 0.3) is 0 Å². The predicted octanol–water partition coefficient (Wildman–Crippen LogP) is 1.40. The lowest BCUT2D eigenvalue weighted by Crippen LogP contribution is -2.48. The van der Waals surface area contributed by atoms with Gasteiger partial charge in [-0.15, -0.1) is 0 Å². The predicted molar refractivity (Wildman–Crippen MR) is 75.9 cm³/mol. The van der Waals surface area contributed by atoms with E-state index >= 15 is 0 Å². The molecule has 19 heavy (non-hydrogen) atoms. The quantitative estimate of drug-likeness (QED) is 0.875. The van der Waals surface area contributed by atoms with E-state index < -0.39 is 0 Å². The monoisotopic (exact) mass is 266 g/mol. The van der Waals surface area contributed by atoms with Crippen LogP contribution in [-0.4, -0.2) is 47.0 Å². The molecule has 0 amide bonds. The molecule has 1 aliphatic heterocycles. The van der Waals surface area contributed by atoms with Gasteiger partial charge in [0.1, 0.15) is 0 Å². The number of methoxy groups -OCH3 is 1. The minimum atomic E-state index is 0.359. The molecule has 2 rings (SSSR count). The summed E-state index contributed by atoms with van der Waals surface area (Å²) in [5.74, 6) is 0. The number of aromatic nitrogens is 2. The Morgan fingerprint density at radius 2 is 2.32 bits per heavy atom. The Morgan fingerprint density at radius 3 is 2.89 bits per heavy atom. The second-order valence-electron chi connectivity index (χ2n) is 5.62. The van der Waals surface area contributed by atoms with Crippen LogP contribution in [0.1, 0.15) is 38.4 Å². The first-order valence-corrected chi connectivity index (χ1v) is 7.15. The molecule has 0 aliphatic carbocycles. The van der Waals surface area contributed by atoms with E-state index in [2.05, 4.69) is 36.1 Å². The van der Waals surface area contributed by atoms with Gasteiger partial charge in [0.05, 0.1) is 11.8 Å². The van der Waals surface area contributed by atoms with Crippen molar-refractivity contribution in [2.24, 2.45) is 5.73 Å². The molecule has 0 spiro atoms. The molecule has 0 bridgehead atoms. The van der Waals surface area contributed by atoms with Gasteiger partial charge in [0.15, 0.2) is 0 Å². The number of rotatable bonds is 5. The van der Waals surface area contributed by atoms with Crippen LogP contribution in [-0.2, 0) is 11.3 Å². The van der Waals surface area contributed by atoms with E-state index in [1.165, 1.54) is 0 Å². The van der Waals surface area contributed by atoms with Gasteiger partial charge < -0.3 is 10.5 Å². The largest absolute Gasteiger partial charge is 0.381 e. The number of hydrogen-bond donors (Lipinski definition) is 1. The SMILES string of the molecule is COC1CCN(Cc2ccn(C(C)C)n2)C(CN)C1. The van der Waals surface area contributed by atoms with E-state index in [1.807, 2.05) is 4.68 Å². The molecule has 1 aliphatic rings. The van der Waals surface area contributed by atoms with Crippen molar-refractivity contribution in [1.82, 2.24) is 14.7 Å². The molecular formula is C14H26N4O. The lowest BCUT2D eigenvalue weighted by molar-refractivity contribution is 0.00971. The van der Waals surface area contributed by atoms with Gasteiger partial charge in [0.2, 0.25) is 0 Å². The zero-order valence-corrected chi connectivity index (χ0v) is 12.2. The Hall–Kier alpha value is -0.910. The molecule has 2 N–H and O–H groups in total. The molecule has 0 radical (unpaired) electrons. The van der Waals surface area contributed by atoms with Gasteiger partial charge in [-0.05, 0) is 32.8 Å². The topological polar surface area (TPSA) is 56.3 Å². The van der Waals surface area contributed by atoms with Crippen LogP contribution in [0.25, 0.3) is 0 Å². The zero-order chi connectivity index (χ0) is 13.8. The molecule has 0 saturated carbocycles. The number of ether oxygens (including phenoxy) is 1. The normalized spacial score (nSPS) is 25.1. The third kappa shape index (κ3) is 3.55. The summed E-state index contributed by atoms with van der Waals surface area (Å²) in [4.78, 5) is 2.43. The van der Waals surface area contributed by atoms with Crippen molar-refractivity contribution in [3.8, 4) is 0 Å². The fraction of sp³-hybridized carbons (Fsp3) is 0.786. The Kier molecular flexibility index (Phi) is 4.96. The second-order valence-corrected chi connectivity index (χ2v) is 5.62.